The molecule has 0 aromatic heterocycles. The zero-order chi connectivity index (χ0) is 18.4. The van der Waals surface area contributed by atoms with Crippen LogP contribution < -0.4 is 63.9 Å². The molecule has 2 aromatic carbocycles. The van der Waals surface area contributed by atoms with Crippen molar-refractivity contribution in [2.45, 2.75) is 4.90 Å². The molecule has 0 saturated heterocycles. The van der Waals surface area contributed by atoms with Gasteiger partial charge in [0.25, 0.3) is 10.1 Å². The molecule has 0 radical (unpaired) electrons. The summed E-state index contributed by atoms with van der Waals surface area (Å²) in [6.07, 6.45) is 2.82. The van der Waals surface area contributed by atoms with Crippen LogP contribution in [0.15, 0.2) is 59.5 Å². The summed E-state index contributed by atoms with van der Waals surface area (Å²) in [7, 11) is -4.25. The second kappa shape index (κ2) is 11.8. The number of allylic oxidation sites excluding steroid dienone is 1. The fourth-order valence-corrected chi connectivity index (χ4v) is 2.36. The van der Waals surface area contributed by atoms with Crippen LogP contribution in [0.1, 0.15) is 18.8 Å². The summed E-state index contributed by atoms with van der Waals surface area (Å²) in [5.74, 6) is -1.05. The monoisotopic (exact) mass is 410 g/mol. The Hall–Kier alpha value is -0.970. The van der Waals surface area contributed by atoms with Crippen LogP contribution in [0.2, 0.25) is 0 Å². The largest absolute Gasteiger partial charge is 1.00 e. The predicted octanol–water partition coefficient (Wildman–Crippen LogP) is -3.47. The van der Waals surface area contributed by atoms with Crippen molar-refractivity contribution >= 4 is 27.9 Å². The van der Waals surface area contributed by atoms with Crippen LogP contribution in [0, 0.1) is 0 Å². The molecule has 2 aromatic rings. The molecule has 0 aliphatic rings. The van der Waals surface area contributed by atoms with Crippen LogP contribution in [0.3, 0.4) is 0 Å². The first-order valence-corrected chi connectivity index (χ1v) is 8.44. The van der Waals surface area contributed by atoms with E-state index < -0.39 is 22.7 Å². The van der Waals surface area contributed by atoms with Crippen molar-refractivity contribution in [3.8, 4) is 5.75 Å². The minimum Gasteiger partial charge on any atom is -1.00 e. The normalized spacial score (nSPS) is 10.6. The third-order valence-corrected chi connectivity index (χ3v) is 3.97. The molecule has 0 spiro atoms. The van der Waals surface area contributed by atoms with E-state index in [4.69, 9.17) is 14.4 Å². The second-order valence-corrected chi connectivity index (χ2v) is 6.37. The minimum atomic E-state index is -4.25. The number of carbonyl (C=O) groups excluding carboxylic acids is 1. The van der Waals surface area contributed by atoms with Crippen molar-refractivity contribution in [3.05, 3.63) is 65.7 Å². The molecule has 134 valence electrons. The number of rotatable bonds is 7. The standard InChI is InChI=1S/C17H14O7S.2Na.2H/c18-16(13-4-6-14(7-5-13)24-11-17(19)20)10-3-12-1-8-15(9-2-12)25(21,22)23;;;;/h1-10H,11H2,(H,19,20)(H,21,22,23);;;;/q;2*+1;2*-1/b10-3+;;;;. The van der Waals surface area contributed by atoms with Gasteiger partial charge in [-0.2, -0.15) is 8.42 Å². The Balaban J connectivity index is -0.00000169. The molecule has 0 heterocycles. The number of benzene rings is 2. The van der Waals surface area contributed by atoms with Gasteiger partial charge < -0.3 is 12.7 Å². The summed E-state index contributed by atoms with van der Waals surface area (Å²) in [6, 6.07) is 11.4. The Morgan fingerprint density at radius 1 is 1.00 bits per heavy atom. The molecule has 0 amide bonds. The van der Waals surface area contributed by atoms with Crippen LogP contribution in [0.5, 0.6) is 5.75 Å². The third-order valence-electron chi connectivity index (χ3n) is 3.11. The van der Waals surface area contributed by atoms with Gasteiger partial charge in [-0.15, -0.1) is 0 Å². The van der Waals surface area contributed by atoms with Crippen LogP contribution >= 0.6 is 0 Å². The molecule has 10 heteroatoms. The van der Waals surface area contributed by atoms with E-state index in [1.165, 1.54) is 60.7 Å². The molecule has 0 atom stereocenters. The van der Waals surface area contributed by atoms with Crippen molar-refractivity contribution in [1.29, 1.82) is 0 Å². The van der Waals surface area contributed by atoms with Gasteiger partial charge in [-0.05, 0) is 48.0 Å². The zero-order valence-electron chi connectivity index (χ0n) is 16.8. The fraction of sp³-hybridized carbons (Fsp3) is 0.0588. The van der Waals surface area contributed by atoms with Gasteiger partial charge in [-0.3, -0.25) is 9.35 Å². The number of carboxylic acids is 1. The average molecular weight is 410 g/mol. The van der Waals surface area contributed by atoms with Crippen molar-refractivity contribution in [1.82, 2.24) is 0 Å². The van der Waals surface area contributed by atoms with E-state index in [2.05, 4.69) is 0 Å². The Kier molecular flexibility index (Phi) is 11.4. The first kappa shape index (κ1) is 26.0. The van der Waals surface area contributed by atoms with E-state index >= 15 is 0 Å². The fourth-order valence-electron chi connectivity index (χ4n) is 1.88. The summed E-state index contributed by atoms with van der Waals surface area (Å²) in [5.41, 5.74) is 0.968. The maximum absolute atomic E-state index is 12.1. The number of carboxylic acid groups (broad SMARTS) is 1. The first-order chi connectivity index (χ1) is 11.8. The number of aliphatic carboxylic acids is 1. The maximum Gasteiger partial charge on any atom is 1.00 e. The molecule has 0 aliphatic carbocycles. The molecular weight excluding hydrogens is 394 g/mol. The van der Waals surface area contributed by atoms with Crippen molar-refractivity contribution in [3.63, 3.8) is 0 Å². The summed E-state index contributed by atoms with van der Waals surface area (Å²) < 4.78 is 35.8. The molecule has 0 bridgehead atoms. The van der Waals surface area contributed by atoms with E-state index in [1.807, 2.05) is 0 Å². The minimum absolute atomic E-state index is 0. The number of hydrogen-bond donors (Lipinski definition) is 2. The summed E-state index contributed by atoms with van der Waals surface area (Å²) in [6.45, 7) is -0.466. The van der Waals surface area contributed by atoms with Gasteiger partial charge in [0.2, 0.25) is 0 Å². The van der Waals surface area contributed by atoms with E-state index in [1.54, 1.807) is 0 Å². The number of ketones is 1. The Labute approximate surface area is 203 Å². The number of ether oxygens (including phenoxy) is 1. The van der Waals surface area contributed by atoms with Crippen LogP contribution in [0.4, 0.5) is 0 Å². The van der Waals surface area contributed by atoms with Crippen molar-refractivity contribution in [2.75, 3.05) is 6.61 Å². The van der Waals surface area contributed by atoms with Gasteiger partial charge in [-0.25, -0.2) is 4.79 Å². The molecular formula is C17H16Na2O7S. The first-order valence-electron chi connectivity index (χ1n) is 7.00. The zero-order valence-corrected chi connectivity index (χ0v) is 19.6. The molecule has 0 unspecified atom stereocenters. The van der Waals surface area contributed by atoms with Gasteiger partial charge in [0, 0.05) is 5.56 Å². The quantitative estimate of drug-likeness (QED) is 0.211. The van der Waals surface area contributed by atoms with Crippen LogP contribution in [-0.2, 0) is 14.9 Å². The Bertz CT molecular complexity index is 916. The molecule has 0 aliphatic heterocycles. The number of carbonyl (C=O) groups is 2. The smallest absolute Gasteiger partial charge is 1.00 e. The van der Waals surface area contributed by atoms with Crippen LogP contribution in [-0.4, -0.2) is 36.4 Å². The summed E-state index contributed by atoms with van der Waals surface area (Å²) >= 11 is 0. The Morgan fingerprint density at radius 2 is 1.56 bits per heavy atom. The molecule has 2 N–H and O–H groups in total. The van der Waals surface area contributed by atoms with E-state index in [-0.39, 0.29) is 72.6 Å². The van der Waals surface area contributed by atoms with Crippen molar-refractivity contribution < 1.29 is 94.4 Å². The van der Waals surface area contributed by atoms with E-state index in [0.717, 1.165) is 0 Å². The van der Waals surface area contributed by atoms with Gasteiger partial charge >= 0.3 is 65.1 Å². The Morgan fingerprint density at radius 3 is 2.04 bits per heavy atom. The van der Waals surface area contributed by atoms with Gasteiger partial charge in [0.1, 0.15) is 5.75 Å². The molecule has 7 nitrogen and oxygen atoms in total. The maximum atomic E-state index is 12.1. The molecule has 0 fully saturated rings. The summed E-state index contributed by atoms with van der Waals surface area (Å²) in [4.78, 5) is 22.2. The SMILES string of the molecule is O=C(O)COc1ccc(C(=O)/C=C/c2ccc(S(=O)(=O)O)cc2)cc1.[H-].[H-].[Na+].[Na+]. The predicted molar refractivity (Wildman–Crippen MR) is 91.4 cm³/mol. The molecule has 27 heavy (non-hydrogen) atoms. The van der Waals surface area contributed by atoms with Crippen molar-refractivity contribution in [2.24, 2.45) is 0 Å². The topological polar surface area (TPSA) is 118 Å². The summed E-state index contributed by atoms with van der Waals surface area (Å²) in [5, 5.41) is 8.52. The van der Waals surface area contributed by atoms with Gasteiger partial charge in [0.05, 0.1) is 4.90 Å². The molecule has 0 saturated carbocycles. The van der Waals surface area contributed by atoms with Gasteiger partial charge in [0.15, 0.2) is 12.4 Å². The van der Waals surface area contributed by atoms with E-state index in [9.17, 15) is 18.0 Å². The number of hydrogen-bond acceptors (Lipinski definition) is 5. The average Bonchev–Trinajstić information content (AvgIpc) is 2.58. The van der Waals surface area contributed by atoms with Gasteiger partial charge in [-0.1, -0.05) is 18.2 Å². The van der Waals surface area contributed by atoms with E-state index in [0.29, 0.717) is 16.9 Å². The third kappa shape index (κ3) is 8.71. The molecule has 2 rings (SSSR count). The van der Waals surface area contributed by atoms with Crippen LogP contribution in [0.25, 0.3) is 6.08 Å². The second-order valence-electron chi connectivity index (χ2n) is 4.95.